The number of nitrogens with one attached hydrogen (secondary N) is 1. The number of hydrogen-bond donors (Lipinski definition) is 2. The van der Waals surface area contributed by atoms with E-state index in [0.29, 0.717) is 0 Å². The minimum atomic E-state index is -0.770. The van der Waals surface area contributed by atoms with Crippen LogP contribution in [0.15, 0.2) is 36.4 Å². The highest BCUT2D eigenvalue weighted by molar-refractivity contribution is 5.94. The quantitative estimate of drug-likeness (QED) is 0.854. The fourth-order valence-electron chi connectivity index (χ4n) is 1.87. The van der Waals surface area contributed by atoms with E-state index < -0.39 is 29.4 Å². The third-order valence-electron chi connectivity index (χ3n) is 3.03. The number of amides is 1. The van der Waals surface area contributed by atoms with Crippen LogP contribution < -0.4 is 11.1 Å². The van der Waals surface area contributed by atoms with Crippen LogP contribution in [-0.4, -0.2) is 5.91 Å². The second-order valence-electron chi connectivity index (χ2n) is 4.60. The molecule has 0 bridgehead atoms. The molecular weight excluding hydrogens is 281 g/mol. The molecule has 1 unspecified atom stereocenters. The molecule has 0 aliphatic heterocycles. The van der Waals surface area contributed by atoms with Crippen LogP contribution in [0.25, 0.3) is 0 Å². The molecule has 2 aromatic carbocycles. The maximum Gasteiger partial charge on any atom is 0.251 e. The number of anilines is 1. The molecule has 21 heavy (non-hydrogen) atoms. The molecule has 2 rings (SSSR count). The average Bonchev–Trinajstić information content (AvgIpc) is 2.44. The summed E-state index contributed by atoms with van der Waals surface area (Å²) in [6, 6.07) is 5.80. The Balaban J connectivity index is 2.18. The molecule has 6 heteroatoms. The monoisotopic (exact) mass is 294 g/mol. The van der Waals surface area contributed by atoms with Gasteiger partial charge in [0.2, 0.25) is 0 Å². The highest BCUT2D eigenvalue weighted by Crippen LogP contribution is 2.19. The van der Waals surface area contributed by atoms with E-state index in [9.17, 15) is 18.0 Å². The van der Waals surface area contributed by atoms with Crippen LogP contribution >= 0.6 is 0 Å². The highest BCUT2D eigenvalue weighted by atomic mass is 19.1. The fourth-order valence-corrected chi connectivity index (χ4v) is 1.87. The summed E-state index contributed by atoms with van der Waals surface area (Å²) in [4.78, 5) is 12.0. The molecule has 0 aromatic heterocycles. The number of rotatable bonds is 3. The maximum atomic E-state index is 13.6. The molecule has 0 fully saturated rings. The Hall–Kier alpha value is -2.50. The molecule has 0 saturated carbocycles. The van der Waals surface area contributed by atoms with Gasteiger partial charge >= 0.3 is 0 Å². The lowest BCUT2D eigenvalue weighted by atomic mass is 10.1. The minimum Gasteiger partial charge on any atom is -0.396 e. The largest absolute Gasteiger partial charge is 0.396 e. The summed E-state index contributed by atoms with van der Waals surface area (Å²) >= 11 is 0. The molecule has 0 saturated heterocycles. The Kier molecular flexibility index (Phi) is 4.16. The molecule has 0 heterocycles. The zero-order valence-electron chi connectivity index (χ0n) is 11.2. The van der Waals surface area contributed by atoms with Crippen molar-refractivity contribution >= 4 is 11.6 Å². The van der Waals surface area contributed by atoms with Crippen molar-refractivity contribution in [3.05, 3.63) is 65.0 Å². The van der Waals surface area contributed by atoms with Crippen molar-refractivity contribution in [1.82, 2.24) is 5.32 Å². The third kappa shape index (κ3) is 3.34. The first-order valence-corrected chi connectivity index (χ1v) is 6.19. The Morgan fingerprint density at radius 3 is 2.48 bits per heavy atom. The molecule has 0 aliphatic rings. The van der Waals surface area contributed by atoms with Crippen molar-refractivity contribution in [2.45, 2.75) is 13.0 Å². The molecule has 3 nitrogen and oxygen atoms in total. The molecule has 1 atom stereocenters. The zero-order valence-corrected chi connectivity index (χ0v) is 11.2. The molecule has 0 aliphatic carbocycles. The van der Waals surface area contributed by atoms with E-state index in [1.807, 2.05) is 0 Å². The molecule has 0 spiro atoms. The second kappa shape index (κ2) is 5.87. The number of hydrogen-bond acceptors (Lipinski definition) is 2. The van der Waals surface area contributed by atoms with Gasteiger partial charge < -0.3 is 11.1 Å². The van der Waals surface area contributed by atoms with Crippen molar-refractivity contribution in [1.29, 1.82) is 0 Å². The number of carbonyl (C=O) groups is 1. The van der Waals surface area contributed by atoms with E-state index in [4.69, 9.17) is 5.73 Å². The van der Waals surface area contributed by atoms with E-state index in [1.165, 1.54) is 19.1 Å². The number of nitrogen functional groups attached to an aromatic ring is 1. The summed E-state index contributed by atoms with van der Waals surface area (Å²) in [5.41, 5.74) is 5.31. The van der Waals surface area contributed by atoms with Gasteiger partial charge in [0.05, 0.1) is 11.7 Å². The summed E-state index contributed by atoms with van der Waals surface area (Å²) in [5.74, 6) is -2.56. The minimum absolute atomic E-state index is 0.0132. The molecular formula is C15H13F3N2O. The van der Waals surface area contributed by atoms with Gasteiger partial charge in [0.1, 0.15) is 17.5 Å². The van der Waals surface area contributed by atoms with E-state index in [2.05, 4.69) is 5.32 Å². The van der Waals surface area contributed by atoms with Gasteiger partial charge in [-0.05, 0) is 43.3 Å². The fraction of sp³-hybridized carbons (Fsp3) is 0.133. The van der Waals surface area contributed by atoms with Crippen LogP contribution in [-0.2, 0) is 0 Å². The first-order valence-electron chi connectivity index (χ1n) is 6.19. The Labute approximate surface area is 119 Å². The number of nitrogens with two attached hydrogens (primary N) is 1. The smallest absolute Gasteiger partial charge is 0.251 e. The topological polar surface area (TPSA) is 55.1 Å². The lowest BCUT2D eigenvalue weighted by Gasteiger charge is -2.15. The second-order valence-corrected chi connectivity index (χ2v) is 4.60. The van der Waals surface area contributed by atoms with Gasteiger partial charge in [0, 0.05) is 11.1 Å². The normalized spacial score (nSPS) is 12.0. The van der Waals surface area contributed by atoms with Crippen LogP contribution in [0.4, 0.5) is 18.9 Å². The van der Waals surface area contributed by atoms with Gasteiger partial charge in [-0.1, -0.05) is 0 Å². The third-order valence-corrected chi connectivity index (χ3v) is 3.03. The van der Waals surface area contributed by atoms with E-state index in [1.54, 1.807) is 0 Å². The molecule has 0 radical (unpaired) electrons. The van der Waals surface area contributed by atoms with Crippen molar-refractivity contribution in [3.8, 4) is 0 Å². The highest BCUT2D eigenvalue weighted by Gasteiger charge is 2.16. The van der Waals surface area contributed by atoms with Gasteiger partial charge in [0.15, 0.2) is 0 Å². The molecule has 2 aromatic rings. The zero-order chi connectivity index (χ0) is 15.6. The van der Waals surface area contributed by atoms with Gasteiger partial charge in [0.25, 0.3) is 5.91 Å². The first kappa shape index (κ1) is 14.9. The number of carbonyl (C=O) groups excluding carboxylic acids is 1. The van der Waals surface area contributed by atoms with Crippen LogP contribution in [0.2, 0.25) is 0 Å². The molecule has 1 amide bonds. The van der Waals surface area contributed by atoms with Gasteiger partial charge in [-0.2, -0.15) is 0 Å². The summed E-state index contributed by atoms with van der Waals surface area (Å²) in [6.07, 6.45) is 0. The summed E-state index contributed by atoms with van der Waals surface area (Å²) in [6.45, 7) is 1.50. The van der Waals surface area contributed by atoms with Crippen molar-refractivity contribution < 1.29 is 18.0 Å². The van der Waals surface area contributed by atoms with Crippen LogP contribution in [0, 0.1) is 17.5 Å². The van der Waals surface area contributed by atoms with Crippen LogP contribution in [0.3, 0.4) is 0 Å². The van der Waals surface area contributed by atoms with Crippen LogP contribution in [0.1, 0.15) is 28.9 Å². The molecule has 3 N–H and O–H groups in total. The lowest BCUT2D eigenvalue weighted by Crippen LogP contribution is -2.27. The average molecular weight is 294 g/mol. The first-order chi connectivity index (χ1) is 9.88. The Morgan fingerprint density at radius 2 is 1.81 bits per heavy atom. The maximum absolute atomic E-state index is 13.6. The number of benzene rings is 2. The standard InChI is InChI=1S/C15H13F3N2O/c1-8(11-7-10(16)3-4-12(11)17)20-15(21)9-2-5-14(19)13(18)6-9/h2-8H,19H2,1H3,(H,20,21). The summed E-state index contributed by atoms with van der Waals surface area (Å²) in [5, 5.41) is 2.47. The summed E-state index contributed by atoms with van der Waals surface area (Å²) < 4.78 is 40.0. The van der Waals surface area contributed by atoms with E-state index in [-0.39, 0.29) is 16.8 Å². The SMILES string of the molecule is CC(NC(=O)c1ccc(N)c(F)c1)c1cc(F)ccc1F. The molecule has 110 valence electrons. The van der Waals surface area contributed by atoms with E-state index in [0.717, 1.165) is 24.3 Å². The Bertz CT molecular complexity index is 689. The van der Waals surface area contributed by atoms with Crippen molar-refractivity contribution in [2.24, 2.45) is 0 Å². The van der Waals surface area contributed by atoms with Crippen molar-refractivity contribution in [3.63, 3.8) is 0 Å². The van der Waals surface area contributed by atoms with Crippen molar-refractivity contribution in [2.75, 3.05) is 5.73 Å². The predicted octanol–water partition coefficient (Wildman–Crippen LogP) is 3.18. The van der Waals surface area contributed by atoms with Gasteiger partial charge in [-0.15, -0.1) is 0 Å². The number of halogens is 3. The van der Waals surface area contributed by atoms with E-state index >= 15 is 0 Å². The van der Waals surface area contributed by atoms with Gasteiger partial charge in [-0.25, -0.2) is 13.2 Å². The van der Waals surface area contributed by atoms with Gasteiger partial charge in [-0.3, -0.25) is 4.79 Å². The summed E-state index contributed by atoms with van der Waals surface area (Å²) in [7, 11) is 0. The van der Waals surface area contributed by atoms with Crippen LogP contribution in [0.5, 0.6) is 0 Å². The Morgan fingerprint density at radius 1 is 1.10 bits per heavy atom. The predicted molar refractivity (Wildman–Crippen MR) is 73.1 cm³/mol. The lowest BCUT2D eigenvalue weighted by molar-refractivity contribution is 0.0939.